The maximum Gasteiger partial charge on any atom is 0.257 e. The minimum Gasteiger partial charge on any atom is -0.497 e. The first-order chi connectivity index (χ1) is 17.4. The third kappa shape index (κ3) is 4.34. The zero-order chi connectivity index (χ0) is 25.3. The molecule has 3 heterocycles. The van der Waals surface area contributed by atoms with Gasteiger partial charge in [-0.1, -0.05) is 24.3 Å². The number of amides is 3. The van der Waals surface area contributed by atoms with E-state index in [4.69, 9.17) is 9.47 Å². The molecule has 8 nitrogen and oxygen atoms in total. The van der Waals surface area contributed by atoms with Gasteiger partial charge in [0, 0.05) is 50.1 Å². The molecule has 3 aliphatic rings. The van der Waals surface area contributed by atoms with Crippen LogP contribution < -0.4 is 4.74 Å². The van der Waals surface area contributed by atoms with Gasteiger partial charge in [-0.2, -0.15) is 0 Å². The summed E-state index contributed by atoms with van der Waals surface area (Å²) >= 11 is 0. The van der Waals surface area contributed by atoms with Crippen molar-refractivity contribution in [3.8, 4) is 5.75 Å². The smallest absolute Gasteiger partial charge is 0.257 e. The molecule has 0 aromatic heterocycles. The number of aryl methyl sites for hydroxylation is 1. The second-order valence-corrected chi connectivity index (χ2v) is 9.82. The lowest BCUT2D eigenvalue weighted by molar-refractivity contribution is -0.136. The standard InChI is InChI=1S/C28H33N3O5/c1-20-8-3-4-11-23(20)26(33)31-24(27(34)29-14-5-6-15-29)19-36-28(31)12-16-30(17-13-28)25(32)21-9-7-10-22(18-21)35-2/h3-4,7-11,18,24H,5-6,12-17,19H2,1-2H3/t24-/m0/s1. The van der Waals surface area contributed by atoms with Crippen molar-refractivity contribution in [1.29, 1.82) is 0 Å². The van der Waals surface area contributed by atoms with Crippen LogP contribution in [0.5, 0.6) is 5.75 Å². The van der Waals surface area contributed by atoms with Gasteiger partial charge < -0.3 is 19.3 Å². The van der Waals surface area contributed by atoms with Gasteiger partial charge in [-0.05, 0) is 49.6 Å². The van der Waals surface area contributed by atoms with Crippen molar-refractivity contribution in [3.63, 3.8) is 0 Å². The van der Waals surface area contributed by atoms with Crippen LogP contribution in [0, 0.1) is 6.92 Å². The number of methoxy groups -OCH3 is 1. The van der Waals surface area contributed by atoms with Crippen molar-refractivity contribution in [2.45, 2.75) is 44.4 Å². The van der Waals surface area contributed by atoms with E-state index in [-0.39, 0.29) is 24.3 Å². The molecule has 0 radical (unpaired) electrons. The highest BCUT2D eigenvalue weighted by Crippen LogP contribution is 2.40. The van der Waals surface area contributed by atoms with Crippen LogP contribution in [0.1, 0.15) is 52.0 Å². The van der Waals surface area contributed by atoms with Gasteiger partial charge in [0.05, 0.1) is 13.7 Å². The molecule has 3 saturated heterocycles. The second-order valence-electron chi connectivity index (χ2n) is 9.82. The fraction of sp³-hybridized carbons (Fsp3) is 0.464. The summed E-state index contributed by atoms with van der Waals surface area (Å²) in [5.41, 5.74) is 1.09. The number of benzene rings is 2. The summed E-state index contributed by atoms with van der Waals surface area (Å²) in [5.74, 6) is 0.326. The molecule has 0 unspecified atom stereocenters. The molecule has 2 aromatic rings. The van der Waals surface area contributed by atoms with Gasteiger partial charge >= 0.3 is 0 Å². The number of hydrogen-bond acceptors (Lipinski definition) is 5. The fourth-order valence-corrected chi connectivity index (χ4v) is 5.64. The molecule has 0 saturated carbocycles. The monoisotopic (exact) mass is 491 g/mol. The Morgan fingerprint density at radius 1 is 0.917 bits per heavy atom. The first-order valence-electron chi connectivity index (χ1n) is 12.7. The molecule has 190 valence electrons. The van der Waals surface area contributed by atoms with E-state index in [9.17, 15) is 14.4 Å². The Morgan fingerprint density at radius 3 is 2.33 bits per heavy atom. The van der Waals surface area contributed by atoms with E-state index >= 15 is 0 Å². The third-order valence-corrected chi connectivity index (χ3v) is 7.71. The fourth-order valence-electron chi connectivity index (χ4n) is 5.64. The molecule has 1 atom stereocenters. The van der Waals surface area contributed by atoms with E-state index in [1.165, 1.54) is 0 Å². The normalized spacial score (nSPS) is 21.2. The van der Waals surface area contributed by atoms with Gasteiger partial charge in [0.25, 0.3) is 11.8 Å². The molecular weight excluding hydrogens is 458 g/mol. The highest BCUT2D eigenvalue weighted by molar-refractivity contribution is 5.99. The van der Waals surface area contributed by atoms with Crippen LogP contribution in [0.3, 0.4) is 0 Å². The van der Waals surface area contributed by atoms with Gasteiger partial charge in [-0.25, -0.2) is 0 Å². The number of nitrogens with zero attached hydrogens (tertiary/aromatic N) is 3. The van der Waals surface area contributed by atoms with Gasteiger partial charge in [-0.15, -0.1) is 0 Å². The van der Waals surface area contributed by atoms with Gasteiger partial charge in [0.1, 0.15) is 17.5 Å². The molecule has 0 aliphatic carbocycles. The van der Waals surface area contributed by atoms with Crippen LogP contribution in [-0.2, 0) is 9.53 Å². The molecule has 0 bridgehead atoms. The molecular formula is C28H33N3O5. The Hall–Kier alpha value is -3.39. The molecule has 1 spiro atoms. The van der Waals surface area contributed by atoms with E-state index in [0.29, 0.717) is 42.8 Å². The number of carbonyl (C=O) groups is 3. The number of likely N-dealkylation sites (tertiary alicyclic amines) is 2. The summed E-state index contributed by atoms with van der Waals surface area (Å²) < 4.78 is 11.6. The first kappa shape index (κ1) is 24.3. The molecule has 3 amide bonds. The van der Waals surface area contributed by atoms with E-state index in [1.807, 2.05) is 36.1 Å². The molecule has 36 heavy (non-hydrogen) atoms. The van der Waals surface area contributed by atoms with Gasteiger partial charge in [0.15, 0.2) is 0 Å². The number of ether oxygens (including phenoxy) is 2. The quantitative estimate of drug-likeness (QED) is 0.657. The van der Waals surface area contributed by atoms with Crippen LogP contribution in [0.15, 0.2) is 48.5 Å². The van der Waals surface area contributed by atoms with Gasteiger partial charge in [0.2, 0.25) is 5.91 Å². The molecule has 0 N–H and O–H groups in total. The zero-order valence-electron chi connectivity index (χ0n) is 20.9. The number of rotatable bonds is 4. The number of piperidine rings is 1. The SMILES string of the molecule is COc1cccc(C(=O)N2CCC3(CC2)OC[C@@H](C(=O)N2CCCC2)N3C(=O)c2ccccc2C)c1. The first-order valence-corrected chi connectivity index (χ1v) is 12.7. The molecule has 3 fully saturated rings. The molecule has 5 rings (SSSR count). The van der Waals surface area contributed by atoms with Crippen LogP contribution in [0.4, 0.5) is 0 Å². The second kappa shape index (κ2) is 9.93. The van der Waals surface area contributed by atoms with E-state index in [2.05, 4.69) is 0 Å². The maximum absolute atomic E-state index is 14.0. The highest BCUT2D eigenvalue weighted by Gasteiger charge is 2.55. The largest absolute Gasteiger partial charge is 0.497 e. The van der Waals surface area contributed by atoms with E-state index < -0.39 is 11.8 Å². The lowest BCUT2D eigenvalue weighted by atomic mass is 9.95. The summed E-state index contributed by atoms with van der Waals surface area (Å²) in [4.78, 5) is 46.0. The maximum atomic E-state index is 14.0. The van der Waals surface area contributed by atoms with E-state index in [1.54, 1.807) is 41.2 Å². The average Bonchev–Trinajstić information content (AvgIpc) is 3.57. The molecule has 2 aromatic carbocycles. The Balaban J connectivity index is 1.40. The minimum absolute atomic E-state index is 0.0406. The van der Waals surface area contributed by atoms with Crippen LogP contribution in [-0.4, -0.2) is 84.1 Å². The summed E-state index contributed by atoms with van der Waals surface area (Å²) in [6.07, 6.45) is 2.86. The summed E-state index contributed by atoms with van der Waals surface area (Å²) in [5, 5.41) is 0. The van der Waals surface area contributed by atoms with Crippen molar-refractivity contribution in [2.24, 2.45) is 0 Å². The summed E-state index contributed by atoms with van der Waals surface area (Å²) in [6.45, 7) is 4.38. The van der Waals surface area contributed by atoms with Crippen molar-refractivity contribution in [3.05, 3.63) is 65.2 Å². The Kier molecular flexibility index (Phi) is 6.71. The predicted octanol–water partition coefficient (Wildman–Crippen LogP) is 3.10. The zero-order valence-corrected chi connectivity index (χ0v) is 20.9. The summed E-state index contributed by atoms with van der Waals surface area (Å²) in [6, 6.07) is 13.9. The van der Waals surface area contributed by atoms with Crippen molar-refractivity contribution >= 4 is 17.7 Å². The topological polar surface area (TPSA) is 79.4 Å². The molecule has 3 aliphatic heterocycles. The van der Waals surface area contributed by atoms with E-state index in [0.717, 1.165) is 31.5 Å². The summed E-state index contributed by atoms with van der Waals surface area (Å²) in [7, 11) is 1.57. The predicted molar refractivity (Wildman–Crippen MR) is 134 cm³/mol. The minimum atomic E-state index is -0.912. The highest BCUT2D eigenvalue weighted by atomic mass is 16.5. The van der Waals surface area contributed by atoms with Crippen LogP contribution in [0.2, 0.25) is 0 Å². The Bertz CT molecular complexity index is 1150. The lowest BCUT2D eigenvalue weighted by Crippen LogP contribution is -2.60. The van der Waals surface area contributed by atoms with Crippen molar-refractivity contribution < 1.29 is 23.9 Å². The lowest BCUT2D eigenvalue weighted by Gasteiger charge is -2.45. The van der Waals surface area contributed by atoms with Crippen molar-refractivity contribution in [1.82, 2.24) is 14.7 Å². The Labute approximate surface area is 211 Å². The van der Waals surface area contributed by atoms with Crippen LogP contribution in [0.25, 0.3) is 0 Å². The van der Waals surface area contributed by atoms with Gasteiger partial charge in [-0.3, -0.25) is 19.3 Å². The number of hydrogen-bond donors (Lipinski definition) is 0. The van der Waals surface area contributed by atoms with Crippen molar-refractivity contribution in [2.75, 3.05) is 39.9 Å². The Morgan fingerprint density at radius 2 is 1.64 bits per heavy atom. The molecule has 8 heteroatoms. The average molecular weight is 492 g/mol. The third-order valence-electron chi connectivity index (χ3n) is 7.71. The number of carbonyl (C=O) groups excluding carboxylic acids is 3. The van der Waals surface area contributed by atoms with Crippen LogP contribution >= 0.6 is 0 Å².